The lowest BCUT2D eigenvalue weighted by Crippen LogP contribution is -2.14. The maximum atomic E-state index is 12.7. The van der Waals surface area contributed by atoms with E-state index < -0.39 is 34.0 Å². The van der Waals surface area contributed by atoms with Gasteiger partial charge in [-0.2, -0.15) is 18.4 Å². The van der Waals surface area contributed by atoms with E-state index in [1.165, 1.54) is 31.2 Å². The number of aliphatic hydroxyl groups is 1. The van der Waals surface area contributed by atoms with Gasteiger partial charge < -0.3 is 15.2 Å². The number of benzene rings is 2. The molecule has 2 aromatic rings. The molecule has 0 bridgehead atoms. The van der Waals surface area contributed by atoms with Crippen molar-refractivity contribution in [2.75, 3.05) is 5.32 Å². The molecule has 0 aliphatic carbocycles. The van der Waals surface area contributed by atoms with Crippen LogP contribution in [0, 0.1) is 11.3 Å². The van der Waals surface area contributed by atoms with E-state index in [1.807, 2.05) is 0 Å². The van der Waals surface area contributed by atoms with Gasteiger partial charge in [0.15, 0.2) is 5.57 Å². The molecule has 0 spiro atoms. The Balaban J connectivity index is 2.11. The minimum absolute atomic E-state index is 0.107. The maximum Gasteiger partial charge on any atom is 0.417 e. The lowest BCUT2D eigenvalue weighted by molar-refractivity contribution is -0.137. The number of nitrogens with one attached hydrogen (secondary N) is 1. The van der Waals surface area contributed by atoms with Gasteiger partial charge in [-0.25, -0.2) is 0 Å². The summed E-state index contributed by atoms with van der Waals surface area (Å²) >= 11 is 5.63. The van der Waals surface area contributed by atoms with Crippen LogP contribution in [0.1, 0.15) is 12.5 Å². The van der Waals surface area contributed by atoms with Crippen molar-refractivity contribution in [2.45, 2.75) is 13.1 Å². The number of nitriles is 1. The summed E-state index contributed by atoms with van der Waals surface area (Å²) in [5.74, 6) is -0.788. The molecule has 2 aromatic carbocycles. The van der Waals surface area contributed by atoms with Gasteiger partial charge in [0.05, 0.1) is 10.6 Å². The predicted octanol–water partition coefficient (Wildman–Crippen LogP) is 5.45. The zero-order valence-electron chi connectivity index (χ0n) is 13.8. The smallest absolute Gasteiger partial charge is 0.417 e. The van der Waals surface area contributed by atoms with Crippen LogP contribution in [0.15, 0.2) is 53.8 Å². The number of halogens is 4. The number of amides is 1. The van der Waals surface area contributed by atoms with E-state index in [9.17, 15) is 23.1 Å². The quantitative estimate of drug-likeness (QED) is 0.409. The van der Waals surface area contributed by atoms with E-state index in [0.717, 1.165) is 18.2 Å². The Hall–Kier alpha value is -3.18. The molecule has 1 amide bonds. The molecule has 140 valence electrons. The number of ether oxygens (including phenoxy) is 1. The van der Waals surface area contributed by atoms with Gasteiger partial charge in [0.1, 0.15) is 23.3 Å². The average molecular weight is 397 g/mol. The molecule has 0 heterocycles. The van der Waals surface area contributed by atoms with Gasteiger partial charge in [-0.15, -0.1) is 0 Å². The first-order chi connectivity index (χ1) is 12.6. The normalized spacial score (nSPS) is 12.0. The summed E-state index contributed by atoms with van der Waals surface area (Å²) in [6.07, 6.45) is -4.56. The number of alkyl halides is 3. The molecule has 27 heavy (non-hydrogen) atoms. The Kier molecular flexibility index (Phi) is 5.98. The third-order valence-electron chi connectivity index (χ3n) is 3.29. The van der Waals surface area contributed by atoms with Gasteiger partial charge in [-0.05, 0) is 43.3 Å². The monoisotopic (exact) mass is 396 g/mol. The Morgan fingerprint density at radius 1 is 1.19 bits per heavy atom. The Morgan fingerprint density at radius 2 is 1.78 bits per heavy atom. The lowest BCUT2D eigenvalue weighted by Gasteiger charge is -2.11. The molecule has 0 fully saturated rings. The highest BCUT2D eigenvalue weighted by Gasteiger charge is 2.33. The molecule has 0 saturated carbocycles. The number of rotatable bonds is 4. The Bertz CT molecular complexity index is 928. The predicted molar refractivity (Wildman–Crippen MR) is 92.5 cm³/mol. The Morgan fingerprint density at radius 3 is 2.26 bits per heavy atom. The SMILES string of the molecule is C/C(O)=C(\C#N)C(=O)Nc1ccc(Oc2ccc(C(F)(F)F)c(Cl)c2)cc1. The van der Waals surface area contributed by atoms with Crippen LogP contribution in [0.3, 0.4) is 0 Å². The summed E-state index contributed by atoms with van der Waals surface area (Å²) < 4.78 is 43.5. The molecular weight excluding hydrogens is 385 g/mol. The fourth-order valence-electron chi connectivity index (χ4n) is 2.02. The van der Waals surface area contributed by atoms with Crippen molar-refractivity contribution >= 4 is 23.2 Å². The van der Waals surface area contributed by atoms with Crippen molar-refractivity contribution in [3.8, 4) is 17.6 Å². The van der Waals surface area contributed by atoms with Gasteiger partial charge in [0, 0.05) is 11.8 Å². The minimum atomic E-state index is -4.56. The summed E-state index contributed by atoms with van der Waals surface area (Å²) in [5, 5.41) is 20.0. The second kappa shape index (κ2) is 8.01. The van der Waals surface area contributed by atoms with Crippen molar-refractivity contribution in [1.29, 1.82) is 5.26 Å². The summed E-state index contributed by atoms with van der Waals surface area (Å²) in [4.78, 5) is 11.8. The van der Waals surface area contributed by atoms with Crippen molar-refractivity contribution in [1.82, 2.24) is 0 Å². The van der Waals surface area contributed by atoms with E-state index in [1.54, 1.807) is 6.07 Å². The summed E-state index contributed by atoms with van der Waals surface area (Å²) in [5.41, 5.74) is -1.06. The van der Waals surface area contributed by atoms with Gasteiger partial charge >= 0.3 is 6.18 Å². The summed E-state index contributed by atoms with van der Waals surface area (Å²) in [7, 11) is 0. The van der Waals surface area contributed by atoms with E-state index >= 15 is 0 Å². The molecule has 0 saturated heterocycles. The molecule has 2 N–H and O–H groups in total. The van der Waals surface area contributed by atoms with Crippen LogP contribution in [-0.2, 0) is 11.0 Å². The maximum absolute atomic E-state index is 12.7. The molecule has 0 aromatic heterocycles. The van der Waals surface area contributed by atoms with Crippen LogP contribution in [0.4, 0.5) is 18.9 Å². The fraction of sp³-hybridized carbons (Fsp3) is 0.111. The molecular formula is C18H12ClF3N2O3. The molecule has 0 aliphatic rings. The average Bonchev–Trinajstić information content (AvgIpc) is 2.55. The number of carbonyl (C=O) groups excluding carboxylic acids is 1. The van der Waals surface area contributed by atoms with Crippen molar-refractivity contribution < 1.29 is 27.8 Å². The first kappa shape index (κ1) is 20.1. The van der Waals surface area contributed by atoms with Crippen LogP contribution in [0.2, 0.25) is 5.02 Å². The zero-order valence-corrected chi connectivity index (χ0v) is 14.5. The number of aliphatic hydroxyl groups excluding tert-OH is 1. The van der Waals surface area contributed by atoms with Crippen molar-refractivity contribution in [3.05, 3.63) is 64.4 Å². The van der Waals surface area contributed by atoms with E-state index in [-0.39, 0.29) is 5.75 Å². The van der Waals surface area contributed by atoms with Gasteiger partial charge in [0.2, 0.25) is 0 Å². The van der Waals surface area contributed by atoms with Crippen molar-refractivity contribution in [2.24, 2.45) is 0 Å². The van der Waals surface area contributed by atoms with E-state index in [0.29, 0.717) is 11.4 Å². The molecule has 0 unspecified atom stereocenters. The van der Waals surface area contributed by atoms with Crippen molar-refractivity contribution in [3.63, 3.8) is 0 Å². The number of anilines is 1. The highest BCUT2D eigenvalue weighted by atomic mass is 35.5. The first-order valence-electron chi connectivity index (χ1n) is 7.37. The third-order valence-corrected chi connectivity index (χ3v) is 3.61. The lowest BCUT2D eigenvalue weighted by atomic mass is 10.2. The largest absolute Gasteiger partial charge is 0.511 e. The highest BCUT2D eigenvalue weighted by Crippen LogP contribution is 2.37. The van der Waals surface area contributed by atoms with Crippen LogP contribution in [0.25, 0.3) is 0 Å². The summed E-state index contributed by atoms with van der Waals surface area (Å²) in [6.45, 7) is 1.21. The van der Waals surface area contributed by atoms with Crippen LogP contribution < -0.4 is 10.1 Å². The van der Waals surface area contributed by atoms with Gasteiger partial charge in [0.25, 0.3) is 5.91 Å². The van der Waals surface area contributed by atoms with E-state index in [4.69, 9.17) is 21.6 Å². The molecule has 0 atom stereocenters. The summed E-state index contributed by atoms with van der Waals surface area (Å²) in [6, 6.07) is 10.4. The molecule has 2 rings (SSSR count). The number of hydrogen-bond donors (Lipinski definition) is 2. The van der Waals surface area contributed by atoms with Crippen LogP contribution in [-0.4, -0.2) is 11.0 Å². The second-order valence-corrected chi connectivity index (χ2v) is 5.70. The number of hydrogen-bond acceptors (Lipinski definition) is 4. The first-order valence-corrected chi connectivity index (χ1v) is 7.75. The highest BCUT2D eigenvalue weighted by molar-refractivity contribution is 6.31. The molecule has 5 nitrogen and oxygen atoms in total. The second-order valence-electron chi connectivity index (χ2n) is 5.29. The van der Waals surface area contributed by atoms with Crippen LogP contribution in [0.5, 0.6) is 11.5 Å². The Labute approximate surface area is 157 Å². The van der Waals surface area contributed by atoms with Crippen LogP contribution >= 0.6 is 11.6 Å². The topological polar surface area (TPSA) is 82.3 Å². The number of carbonyl (C=O) groups is 1. The van der Waals surface area contributed by atoms with Gasteiger partial charge in [-0.1, -0.05) is 11.6 Å². The number of nitrogens with zero attached hydrogens (tertiary/aromatic N) is 1. The van der Waals surface area contributed by atoms with E-state index in [2.05, 4.69) is 5.32 Å². The molecule has 0 aliphatic heterocycles. The number of allylic oxidation sites excluding steroid dienone is 1. The molecule has 9 heteroatoms. The minimum Gasteiger partial charge on any atom is -0.511 e. The third kappa shape index (κ3) is 5.15. The van der Waals surface area contributed by atoms with Gasteiger partial charge in [-0.3, -0.25) is 4.79 Å². The molecule has 0 radical (unpaired) electrons. The standard InChI is InChI=1S/C18H12ClF3N2O3/c1-10(25)14(9-23)17(26)24-11-2-4-12(5-3-11)27-13-6-7-15(16(19)8-13)18(20,21)22/h2-8,25H,1H3,(H,24,26)/b14-10-. The zero-order chi connectivity index (χ0) is 20.2. The fourth-order valence-corrected chi connectivity index (χ4v) is 2.30.